The van der Waals surface area contributed by atoms with E-state index in [4.69, 9.17) is 9.15 Å². The largest absolute Gasteiger partial charge is 0.455 e. The highest BCUT2D eigenvalue weighted by atomic mass is 16.5. The molecule has 1 aromatic carbocycles. The lowest BCUT2D eigenvalue weighted by atomic mass is 10.2. The number of hydrogen-bond acceptors (Lipinski definition) is 6. The topological polar surface area (TPSA) is 78.1 Å². The van der Waals surface area contributed by atoms with Crippen molar-refractivity contribution < 1.29 is 13.9 Å². The normalized spacial score (nSPS) is 10.6. The molecule has 0 aliphatic rings. The predicted octanol–water partition coefficient (Wildman–Crippen LogP) is 3.36. The second-order valence-electron chi connectivity index (χ2n) is 5.22. The van der Waals surface area contributed by atoms with Gasteiger partial charge in [0.05, 0.1) is 11.3 Å². The third-order valence-corrected chi connectivity index (χ3v) is 3.47. The maximum Gasteiger partial charge on any atom is 0.341 e. The van der Waals surface area contributed by atoms with E-state index in [1.165, 1.54) is 12.5 Å². The Morgan fingerprint density at radius 3 is 2.75 bits per heavy atom. The van der Waals surface area contributed by atoms with Crippen LogP contribution in [0.25, 0.3) is 11.5 Å². The quantitative estimate of drug-likeness (QED) is 0.670. The molecular weight excluding hydrogens is 306 g/mol. The van der Waals surface area contributed by atoms with Crippen LogP contribution in [0.5, 0.6) is 0 Å². The maximum atomic E-state index is 12.2. The van der Waals surface area contributed by atoms with Crippen LogP contribution in [-0.2, 0) is 17.8 Å². The Labute approximate surface area is 139 Å². The van der Waals surface area contributed by atoms with Crippen LogP contribution >= 0.6 is 0 Å². The van der Waals surface area contributed by atoms with Gasteiger partial charge in [-0.25, -0.2) is 19.7 Å². The van der Waals surface area contributed by atoms with Gasteiger partial charge >= 0.3 is 5.97 Å². The molecule has 0 unspecified atom stereocenters. The van der Waals surface area contributed by atoms with Crippen LogP contribution in [0.1, 0.15) is 34.5 Å². The van der Waals surface area contributed by atoms with Crippen molar-refractivity contribution in [3.8, 4) is 11.5 Å². The zero-order chi connectivity index (χ0) is 16.9. The first-order valence-corrected chi connectivity index (χ1v) is 7.67. The minimum Gasteiger partial charge on any atom is -0.455 e. The molecule has 2 aromatic heterocycles. The lowest BCUT2D eigenvalue weighted by Crippen LogP contribution is -2.11. The van der Waals surface area contributed by atoms with Crippen molar-refractivity contribution >= 4 is 5.97 Å². The Balaban J connectivity index is 1.68. The number of carbonyl (C=O) groups is 1. The molecule has 122 valence electrons. The first kappa shape index (κ1) is 15.9. The highest BCUT2D eigenvalue weighted by molar-refractivity contribution is 5.90. The molecule has 0 fully saturated rings. The van der Waals surface area contributed by atoms with Gasteiger partial charge in [0.2, 0.25) is 5.89 Å². The van der Waals surface area contributed by atoms with Gasteiger partial charge in [0, 0.05) is 11.8 Å². The fraction of sp³-hybridized carbons (Fsp3) is 0.222. The summed E-state index contributed by atoms with van der Waals surface area (Å²) in [7, 11) is 0. The first-order chi connectivity index (χ1) is 11.7. The van der Waals surface area contributed by atoms with Gasteiger partial charge in [-0.1, -0.05) is 25.1 Å². The van der Waals surface area contributed by atoms with E-state index in [2.05, 4.69) is 15.0 Å². The van der Waals surface area contributed by atoms with Crippen LogP contribution < -0.4 is 0 Å². The fourth-order valence-corrected chi connectivity index (χ4v) is 2.26. The van der Waals surface area contributed by atoms with Crippen molar-refractivity contribution in [1.82, 2.24) is 15.0 Å². The van der Waals surface area contributed by atoms with Gasteiger partial charge in [0.1, 0.15) is 24.4 Å². The van der Waals surface area contributed by atoms with E-state index in [1.807, 2.05) is 37.3 Å². The Hall–Kier alpha value is -3.02. The second-order valence-corrected chi connectivity index (χ2v) is 5.22. The molecule has 0 radical (unpaired) electrons. The Morgan fingerprint density at radius 2 is 2.00 bits per heavy atom. The molecule has 2 heterocycles. The molecule has 0 bridgehead atoms. The summed E-state index contributed by atoms with van der Waals surface area (Å²) in [4.78, 5) is 24.9. The van der Waals surface area contributed by atoms with E-state index in [-0.39, 0.29) is 6.61 Å². The van der Waals surface area contributed by atoms with E-state index < -0.39 is 5.97 Å². The van der Waals surface area contributed by atoms with Gasteiger partial charge in [-0.15, -0.1) is 0 Å². The number of aromatic nitrogens is 3. The van der Waals surface area contributed by atoms with Gasteiger partial charge in [-0.2, -0.15) is 0 Å². The minimum absolute atomic E-state index is 0.0339. The van der Waals surface area contributed by atoms with Crippen LogP contribution in [0.4, 0.5) is 0 Å². The summed E-state index contributed by atoms with van der Waals surface area (Å²) in [5.74, 6) is 0.665. The van der Waals surface area contributed by atoms with Crippen molar-refractivity contribution in [3.05, 3.63) is 65.6 Å². The summed E-state index contributed by atoms with van der Waals surface area (Å²) in [5.41, 5.74) is 2.48. The Kier molecular flexibility index (Phi) is 4.65. The summed E-state index contributed by atoms with van der Waals surface area (Å²) < 4.78 is 10.7. The number of nitrogens with zero attached hydrogens (tertiary/aromatic N) is 3. The number of ether oxygens (including phenoxy) is 1. The molecule has 0 saturated heterocycles. The highest BCUT2D eigenvalue weighted by Crippen LogP contribution is 2.18. The summed E-state index contributed by atoms with van der Waals surface area (Å²) in [6.07, 6.45) is 3.62. The molecule has 3 aromatic rings. The number of rotatable bonds is 5. The van der Waals surface area contributed by atoms with Gasteiger partial charge in [-0.05, 0) is 25.5 Å². The molecule has 0 N–H and O–H groups in total. The van der Waals surface area contributed by atoms with Crippen molar-refractivity contribution in [3.63, 3.8) is 0 Å². The van der Waals surface area contributed by atoms with Crippen LogP contribution in [-0.4, -0.2) is 20.9 Å². The van der Waals surface area contributed by atoms with Gasteiger partial charge in [-0.3, -0.25) is 0 Å². The molecule has 0 spiro atoms. The van der Waals surface area contributed by atoms with Gasteiger partial charge in [0.15, 0.2) is 0 Å². The molecule has 6 nitrogen and oxygen atoms in total. The molecule has 0 aliphatic heterocycles. The van der Waals surface area contributed by atoms with Crippen LogP contribution in [0.15, 0.2) is 47.2 Å². The van der Waals surface area contributed by atoms with Crippen molar-refractivity contribution in [1.29, 1.82) is 0 Å². The molecule has 0 saturated carbocycles. The van der Waals surface area contributed by atoms with Crippen molar-refractivity contribution in [2.24, 2.45) is 0 Å². The molecular formula is C18H17N3O3. The number of hydrogen-bond donors (Lipinski definition) is 0. The summed E-state index contributed by atoms with van der Waals surface area (Å²) in [5, 5.41) is 0. The van der Waals surface area contributed by atoms with Crippen LogP contribution in [0, 0.1) is 6.92 Å². The number of aryl methyl sites for hydroxylation is 2. The lowest BCUT2D eigenvalue weighted by molar-refractivity contribution is 0.0465. The molecule has 3 rings (SSSR count). The highest BCUT2D eigenvalue weighted by Gasteiger charge is 2.15. The maximum absolute atomic E-state index is 12.2. The third-order valence-electron chi connectivity index (χ3n) is 3.47. The summed E-state index contributed by atoms with van der Waals surface area (Å²) in [6, 6.07) is 9.54. The van der Waals surface area contributed by atoms with E-state index in [0.717, 1.165) is 5.56 Å². The first-order valence-electron chi connectivity index (χ1n) is 7.67. The zero-order valence-electron chi connectivity index (χ0n) is 13.5. The number of carbonyl (C=O) groups excluding carboxylic acids is 1. The SMILES string of the molecule is CCc1nc(C)ncc1C(=O)OCc1coc(-c2ccccc2)n1. The van der Waals surface area contributed by atoms with Crippen LogP contribution in [0.3, 0.4) is 0 Å². The van der Waals surface area contributed by atoms with Gasteiger partial charge < -0.3 is 9.15 Å². The molecule has 6 heteroatoms. The average Bonchev–Trinajstić information content (AvgIpc) is 3.09. The number of benzene rings is 1. The lowest BCUT2D eigenvalue weighted by Gasteiger charge is -2.06. The summed E-state index contributed by atoms with van der Waals surface area (Å²) >= 11 is 0. The smallest absolute Gasteiger partial charge is 0.341 e. The van der Waals surface area contributed by atoms with Gasteiger partial charge in [0.25, 0.3) is 0 Å². The predicted molar refractivity (Wildman–Crippen MR) is 87.2 cm³/mol. The van der Waals surface area contributed by atoms with E-state index in [0.29, 0.717) is 35.1 Å². The molecule has 0 atom stereocenters. The second kappa shape index (κ2) is 7.04. The number of esters is 1. The standard InChI is InChI=1S/C18H17N3O3/c1-3-16-15(9-19-12(2)20-16)18(22)24-11-14-10-23-17(21-14)13-7-5-4-6-8-13/h4-10H,3,11H2,1-2H3. The summed E-state index contributed by atoms with van der Waals surface area (Å²) in [6.45, 7) is 3.75. The van der Waals surface area contributed by atoms with E-state index >= 15 is 0 Å². The Morgan fingerprint density at radius 1 is 1.21 bits per heavy atom. The molecule has 24 heavy (non-hydrogen) atoms. The van der Waals surface area contributed by atoms with Crippen molar-refractivity contribution in [2.45, 2.75) is 26.9 Å². The number of oxazole rings is 1. The van der Waals surface area contributed by atoms with Crippen LogP contribution in [0.2, 0.25) is 0 Å². The fourth-order valence-electron chi connectivity index (χ4n) is 2.26. The third kappa shape index (κ3) is 3.48. The zero-order valence-corrected chi connectivity index (χ0v) is 13.5. The molecule has 0 aliphatic carbocycles. The van der Waals surface area contributed by atoms with E-state index in [9.17, 15) is 4.79 Å². The van der Waals surface area contributed by atoms with E-state index in [1.54, 1.807) is 6.92 Å². The Bertz CT molecular complexity index is 844. The minimum atomic E-state index is -0.462. The van der Waals surface area contributed by atoms with Crippen molar-refractivity contribution in [2.75, 3.05) is 0 Å². The monoisotopic (exact) mass is 323 g/mol. The molecule has 0 amide bonds. The average molecular weight is 323 g/mol.